The number of halogens is 1. The van der Waals surface area contributed by atoms with Gasteiger partial charge in [0, 0.05) is 36.3 Å². The minimum absolute atomic E-state index is 0.151. The van der Waals surface area contributed by atoms with Crippen molar-refractivity contribution >= 4 is 23.4 Å². The van der Waals surface area contributed by atoms with Crippen molar-refractivity contribution in [1.82, 2.24) is 19.7 Å². The molecule has 0 unspecified atom stereocenters. The molecule has 1 amide bonds. The van der Waals surface area contributed by atoms with Crippen LogP contribution in [0.25, 0.3) is 11.4 Å². The predicted octanol–water partition coefficient (Wildman–Crippen LogP) is 3.06. The van der Waals surface area contributed by atoms with E-state index < -0.39 is 0 Å². The van der Waals surface area contributed by atoms with Gasteiger partial charge in [-0.1, -0.05) is 17.8 Å². The number of pyridine rings is 1. The molecule has 0 aliphatic heterocycles. The normalized spacial score (nSPS) is 10.7. The Hall–Kier alpha value is -2.74. The van der Waals surface area contributed by atoms with Gasteiger partial charge in [0.25, 0.3) is 0 Å². The zero-order valence-corrected chi connectivity index (χ0v) is 14.5. The molecule has 0 radical (unpaired) electrons. The fraction of sp³-hybridized carbons (Fsp3) is 0.176. The van der Waals surface area contributed by atoms with Gasteiger partial charge in [0.1, 0.15) is 5.82 Å². The maximum absolute atomic E-state index is 13.5. The van der Waals surface area contributed by atoms with Crippen LogP contribution < -0.4 is 5.32 Å². The molecule has 0 fully saturated rings. The number of aromatic nitrogens is 4. The van der Waals surface area contributed by atoms with Gasteiger partial charge in [-0.25, -0.2) is 4.39 Å². The highest BCUT2D eigenvalue weighted by molar-refractivity contribution is 7.99. The lowest BCUT2D eigenvalue weighted by molar-refractivity contribution is -0.113. The fourth-order valence-corrected chi connectivity index (χ4v) is 2.96. The third-order valence-corrected chi connectivity index (χ3v) is 4.67. The van der Waals surface area contributed by atoms with Gasteiger partial charge in [-0.05, 0) is 31.2 Å². The average Bonchev–Trinajstić information content (AvgIpc) is 2.99. The van der Waals surface area contributed by atoms with Gasteiger partial charge in [0.15, 0.2) is 11.0 Å². The van der Waals surface area contributed by atoms with Crippen LogP contribution in [-0.4, -0.2) is 31.4 Å². The Morgan fingerprint density at radius 1 is 1.24 bits per heavy atom. The summed E-state index contributed by atoms with van der Waals surface area (Å²) in [5.41, 5.74) is 1.79. The third kappa shape index (κ3) is 3.85. The van der Waals surface area contributed by atoms with E-state index in [1.165, 1.54) is 17.8 Å². The molecule has 0 saturated heterocycles. The Balaban J connectivity index is 1.65. The van der Waals surface area contributed by atoms with Crippen molar-refractivity contribution in [2.75, 3.05) is 11.1 Å². The number of nitrogens with zero attached hydrogens (tertiary/aromatic N) is 4. The van der Waals surface area contributed by atoms with Crippen LogP contribution in [0.1, 0.15) is 5.56 Å². The van der Waals surface area contributed by atoms with Crippen molar-refractivity contribution in [3.63, 3.8) is 0 Å². The van der Waals surface area contributed by atoms with Crippen LogP contribution in [0.2, 0.25) is 0 Å². The Kier molecular flexibility index (Phi) is 5.08. The van der Waals surface area contributed by atoms with E-state index in [9.17, 15) is 9.18 Å². The van der Waals surface area contributed by atoms with Gasteiger partial charge in [-0.15, -0.1) is 10.2 Å². The molecule has 8 heteroatoms. The number of benzene rings is 1. The molecular weight excluding hydrogens is 341 g/mol. The zero-order chi connectivity index (χ0) is 17.8. The summed E-state index contributed by atoms with van der Waals surface area (Å²) in [7, 11) is 1.84. The molecule has 6 nitrogen and oxygen atoms in total. The summed E-state index contributed by atoms with van der Waals surface area (Å²) in [5.74, 6) is 0.275. The van der Waals surface area contributed by atoms with Gasteiger partial charge in [0.05, 0.1) is 5.75 Å². The van der Waals surface area contributed by atoms with E-state index in [-0.39, 0.29) is 17.5 Å². The van der Waals surface area contributed by atoms with Crippen molar-refractivity contribution in [3.05, 3.63) is 54.1 Å². The van der Waals surface area contributed by atoms with Crippen LogP contribution in [0.3, 0.4) is 0 Å². The van der Waals surface area contributed by atoms with Crippen LogP contribution in [0.5, 0.6) is 0 Å². The highest BCUT2D eigenvalue weighted by Gasteiger charge is 2.13. The number of thioether (sulfide) groups is 1. The van der Waals surface area contributed by atoms with Crippen molar-refractivity contribution in [2.24, 2.45) is 7.05 Å². The molecule has 2 heterocycles. The number of amides is 1. The van der Waals surface area contributed by atoms with Crippen LogP contribution in [0.15, 0.2) is 47.9 Å². The molecule has 0 atom stereocenters. The predicted molar refractivity (Wildman–Crippen MR) is 94.7 cm³/mol. The summed E-state index contributed by atoms with van der Waals surface area (Å²) in [6.07, 6.45) is 3.37. The summed E-state index contributed by atoms with van der Waals surface area (Å²) < 4.78 is 15.3. The maximum atomic E-state index is 13.5. The average molecular weight is 357 g/mol. The van der Waals surface area contributed by atoms with Crippen LogP contribution in [0, 0.1) is 12.7 Å². The zero-order valence-electron chi connectivity index (χ0n) is 13.7. The van der Waals surface area contributed by atoms with Crippen molar-refractivity contribution in [2.45, 2.75) is 12.1 Å². The molecule has 25 heavy (non-hydrogen) atoms. The molecule has 3 aromatic rings. The quantitative estimate of drug-likeness (QED) is 0.711. The smallest absolute Gasteiger partial charge is 0.234 e. The number of carbonyl (C=O) groups excluding carboxylic acids is 1. The minimum atomic E-state index is -0.347. The molecular formula is C17H16FN5OS. The first-order chi connectivity index (χ1) is 12.1. The Morgan fingerprint density at radius 3 is 2.76 bits per heavy atom. The lowest BCUT2D eigenvalue weighted by atomic mass is 10.2. The van der Waals surface area contributed by atoms with Gasteiger partial charge in [-0.2, -0.15) is 0 Å². The molecule has 0 aliphatic carbocycles. The van der Waals surface area contributed by atoms with E-state index >= 15 is 0 Å². The van der Waals surface area contributed by atoms with Gasteiger partial charge >= 0.3 is 0 Å². The second kappa shape index (κ2) is 7.43. The highest BCUT2D eigenvalue weighted by atomic mass is 32.2. The van der Waals surface area contributed by atoms with Gasteiger partial charge < -0.3 is 9.88 Å². The highest BCUT2D eigenvalue weighted by Crippen LogP contribution is 2.23. The van der Waals surface area contributed by atoms with E-state index in [0.29, 0.717) is 22.2 Å². The molecule has 3 rings (SSSR count). The number of hydrogen-bond donors (Lipinski definition) is 1. The molecule has 1 N–H and O–H groups in total. The Labute approximate surface area is 148 Å². The first kappa shape index (κ1) is 17.1. The second-order valence-corrected chi connectivity index (χ2v) is 6.29. The number of rotatable bonds is 5. The molecule has 0 bridgehead atoms. The minimum Gasteiger partial charge on any atom is -0.325 e. The number of anilines is 1. The lowest BCUT2D eigenvalue weighted by Crippen LogP contribution is -2.15. The number of nitrogens with one attached hydrogen (secondary N) is 1. The van der Waals surface area contributed by atoms with Gasteiger partial charge in [0.2, 0.25) is 5.91 Å². The second-order valence-electron chi connectivity index (χ2n) is 5.35. The van der Waals surface area contributed by atoms with E-state index in [0.717, 1.165) is 5.56 Å². The molecule has 1 aromatic carbocycles. The van der Waals surface area contributed by atoms with E-state index in [1.807, 2.05) is 23.7 Å². The Bertz CT molecular complexity index is 897. The SMILES string of the molecule is Cc1c(F)cccc1NC(=O)CSc1nnc(-c2ccncc2)n1C. The number of hydrogen-bond acceptors (Lipinski definition) is 5. The maximum Gasteiger partial charge on any atom is 0.234 e. The third-order valence-electron chi connectivity index (χ3n) is 3.65. The lowest BCUT2D eigenvalue weighted by Gasteiger charge is -2.08. The van der Waals surface area contributed by atoms with Crippen LogP contribution in [-0.2, 0) is 11.8 Å². The molecule has 0 spiro atoms. The largest absolute Gasteiger partial charge is 0.325 e. The van der Waals surface area contributed by atoms with Gasteiger partial charge in [-0.3, -0.25) is 9.78 Å². The summed E-state index contributed by atoms with van der Waals surface area (Å²) in [6.45, 7) is 1.63. The Morgan fingerprint density at radius 2 is 2.00 bits per heavy atom. The monoisotopic (exact) mass is 357 g/mol. The topological polar surface area (TPSA) is 72.7 Å². The molecule has 128 valence electrons. The molecule has 2 aromatic heterocycles. The fourth-order valence-electron chi connectivity index (χ4n) is 2.25. The van der Waals surface area contributed by atoms with E-state index in [1.54, 1.807) is 31.5 Å². The van der Waals surface area contributed by atoms with Crippen molar-refractivity contribution in [1.29, 1.82) is 0 Å². The molecule has 0 saturated carbocycles. The van der Waals surface area contributed by atoms with Crippen molar-refractivity contribution < 1.29 is 9.18 Å². The summed E-state index contributed by atoms with van der Waals surface area (Å²) in [5, 5.41) is 11.6. The van der Waals surface area contributed by atoms with Crippen LogP contribution in [0.4, 0.5) is 10.1 Å². The van der Waals surface area contributed by atoms with Crippen LogP contribution >= 0.6 is 11.8 Å². The summed E-state index contributed by atoms with van der Waals surface area (Å²) >= 11 is 1.27. The standard InChI is InChI=1S/C17H16FN5OS/c1-11-13(18)4-3-5-14(11)20-15(24)10-25-17-22-21-16(23(17)2)12-6-8-19-9-7-12/h3-9H,10H2,1-2H3,(H,20,24). The number of carbonyl (C=O) groups is 1. The van der Waals surface area contributed by atoms with Crippen molar-refractivity contribution in [3.8, 4) is 11.4 Å². The molecule has 0 aliphatic rings. The summed E-state index contributed by atoms with van der Waals surface area (Å²) in [4.78, 5) is 16.1. The van der Waals surface area contributed by atoms with E-state index in [2.05, 4.69) is 20.5 Å². The first-order valence-corrected chi connectivity index (χ1v) is 8.52. The summed E-state index contributed by atoms with van der Waals surface area (Å²) in [6, 6.07) is 8.29. The first-order valence-electron chi connectivity index (χ1n) is 7.54. The van der Waals surface area contributed by atoms with E-state index in [4.69, 9.17) is 0 Å².